The lowest BCUT2D eigenvalue weighted by Gasteiger charge is -2.05. The van der Waals surface area contributed by atoms with Crippen LogP contribution in [0.3, 0.4) is 0 Å². The smallest absolute Gasteiger partial charge is 0.340 e. The molecule has 0 saturated carbocycles. The van der Waals surface area contributed by atoms with Crippen LogP contribution >= 0.6 is 23.2 Å². The van der Waals surface area contributed by atoms with Gasteiger partial charge < -0.3 is 13.6 Å². The van der Waals surface area contributed by atoms with E-state index in [0.29, 0.717) is 17.2 Å². The number of esters is 1. The van der Waals surface area contributed by atoms with E-state index in [-0.39, 0.29) is 28.1 Å². The Bertz CT molecular complexity index is 901. The number of halogens is 2. The highest BCUT2D eigenvalue weighted by molar-refractivity contribution is 6.43. The lowest BCUT2D eigenvalue weighted by Crippen LogP contribution is -2.06. The van der Waals surface area contributed by atoms with E-state index in [1.807, 2.05) is 6.92 Å². The highest BCUT2D eigenvalue weighted by Gasteiger charge is 2.18. The molecule has 0 bridgehead atoms. The molecule has 0 atom stereocenters. The summed E-state index contributed by atoms with van der Waals surface area (Å²) < 4.78 is 16.0. The van der Waals surface area contributed by atoms with Gasteiger partial charge in [-0.1, -0.05) is 29.3 Å². The zero-order valence-corrected chi connectivity index (χ0v) is 14.3. The monoisotopic (exact) mass is 366 g/mol. The van der Waals surface area contributed by atoms with E-state index in [2.05, 4.69) is 10.2 Å². The van der Waals surface area contributed by atoms with Crippen LogP contribution in [0.2, 0.25) is 10.0 Å². The molecule has 8 heteroatoms. The Morgan fingerprint density at radius 2 is 2.00 bits per heavy atom. The first-order valence-electron chi connectivity index (χ1n) is 6.96. The Morgan fingerprint density at radius 1 is 1.21 bits per heavy atom. The highest BCUT2D eigenvalue weighted by atomic mass is 35.5. The Kier molecular flexibility index (Phi) is 4.59. The number of nitrogens with zero attached hydrogens (tertiary/aromatic N) is 2. The van der Waals surface area contributed by atoms with Crippen molar-refractivity contribution in [3.05, 3.63) is 57.3 Å². The minimum Gasteiger partial charge on any atom is -0.466 e. The first-order valence-corrected chi connectivity index (χ1v) is 7.72. The molecule has 1 aromatic carbocycles. The quantitative estimate of drug-likeness (QED) is 0.627. The van der Waals surface area contributed by atoms with E-state index in [9.17, 15) is 4.79 Å². The standard InChI is InChI=1S/C16H12Cl2N2O4/c1-8-6-11(9(2)23-8)15-20-19-13(24-15)7-22-16(21)10-4-3-5-12(17)14(10)18/h3-6H,7H2,1-2H3. The molecule has 3 aromatic rings. The third-order valence-electron chi connectivity index (χ3n) is 3.24. The molecule has 0 radical (unpaired) electrons. The average Bonchev–Trinajstić information content (AvgIpc) is 3.13. The van der Waals surface area contributed by atoms with Gasteiger partial charge in [-0.2, -0.15) is 0 Å². The number of rotatable bonds is 4. The van der Waals surface area contributed by atoms with Crippen LogP contribution in [0, 0.1) is 13.8 Å². The molecule has 0 fully saturated rings. The normalized spacial score (nSPS) is 10.8. The number of hydrogen-bond donors (Lipinski definition) is 0. The van der Waals surface area contributed by atoms with Gasteiger partial charge in [0.05, 0.1) is 21.2 Å². The second-order valence-electron chi connectivity index (χ2n) is 5.01. The SMILES string of the molecule is Cc1cc(-c2nnc(COC(=O)c3cccc(Cl)c3Cl)o2)c(C)o1. The molecule has 3 rings (SSSR count). The maximum atomic E-state index is 12.1. The second-order valence-corrected chi connectivity index (χ2v) is 5.79. The van der Waals surface area contributed by atoms with Gasteiger partial charge in [0, 0.05) is 0 Å². The van der Waals surface area contributed by atoms with E-state index in [1.165, 1.54) is 6.07 Å². The van der Waals surface area contributed by atoms with Crippen LogP contribution in [0.25, 0.3) is 11.5 Å². The average molecular weight is 367 g/mol. The third kappa shape index (κ3) is 3.29. The molecule has 0 spiro atoms. The molecular weight excluding hydrogens is 355 g/mol. The van der Waals surface area contributed by atoms with Gasteiger partial charge in [-0.05, 0) is 32.0 Å². The van der Waals surface area contributed by atoms with Gasteiger partial charge in [-0.3, -0.25) is 0 Å². The summed E-state index contributed by atoms with van der Waals surface area (Å²) >= 11 is 11.9. The Labute approximate surface area is 147 Å². The fraction of sp³-hybridized carbons (Fsp3) is 0.188. The van der Waals surface area contributed by atoms with Crippen molar-refractivity contribution in [3.63, 3.8) is 0 Å². The molecule has 0 aliphatic rings. The Morgan fingerprint density at radius 3 is 2.71 bits per heavy atom. The number of aryl methyl sites for hydroxylation is 2. The van der Waals surface area contributed by atoms with Crippen molar-refractivity contribution in [2.24, 2.45) is 0 Å². The maximum Gasteiger partial charge on any atom is 0.340 e. The van der Waals surface area contributed by atoms with Gasteiger partial charge in [-0.25, -0.2) is 4.79 Å². The number of ether oxygens (including phenoxy) is 1. The van der Waals surface area contributed by atoms with Crippen molar-refractivity contribution in [1.82, 2.24) is 10.2 Å². The van der Waals surface area contributed by atoms with Crippen molar-refractivity contribution < 1.29 is 18.4 Å². The van der Waals surface area contributed by atoms with E-state index in [1.54, 1.807) is 25.1 Å². The molecule has 124 valence electrons. The predicted octanol–water partition coefficient (Wildman–Crippen LogP) is 4.61. The molecule has 24 heavy (non-hydrogen) atoms. The van der Waals surface area contributed by atoms with Crippen LogP contribution in [0.5, 0.6) is 0 Å². The lowest BCUT2D eigenvalue weighted by atomic mass is 10.2. The second kappa shape index (κ2) is 6.67. The summed E-state index contributed by atoms with van der Waals surface area (Å²) in [7, 11) is 0. The predicted molar refractivity (Wildman–Crippen MR) is 87.1 cm³/mol. The first-order chi connectivity index (χ1) is 11.5. The van der Waals surface area contributed by atoms with E-state index >= 15 is 0 Å². The fourth-order valence-electron chi connectivity index (χ4n) is 2.13. The van der Waals surface area contributed by atoms with Crippen LogP contribution in [0.4, 0.5) is 0 Å². The summed E-state index contributed by atoms with van der Waals surface area (Å²) in [5.41, 5.74) is 0.876. The minimum absolute atomic E-state index is 0.139. The molecule has 2 aromatic heterocycles. The molecule has 0 saturated heterocycles. The summed E-state index contributed by atoms with van der Waals surface area (Å²) in [5, 5.41) is 8.20. The maximum absolute atomic E-state index is 12.1. The van der Waals surface area contributed by atoms with Crippen molar-refractivity contribution in [2.75, 3.05) is 0 Å². The van der Waals surface area contributed by atoms with Crippen molar-refractivity contribution in [2.45, 2.75) is 20.5 Å². The summed E-state index contributed by atoms with van der Waals surface area (Å²) in [5.74, 6) is 1.25. The van der Waals surface area contributed by atoms with Gasteiger partial charge >= 0.3 is 5.97 Å². The highest BCUT2D eigenvalue weighted by Crippen LogP contribution is 2.27. The summed E-state index contributed by atoms with van der Waals surface area (Å²) in [4.78, 5) is 12.1. The third-order valence-corrected chi connectivity index (χ3v) is 4.06. The molecule has 0 unspecified atom stereocenters. The summed E-state index contributed by atoms with van der Waals surface area (Å²) in [6.07, 6.45) is 0. The minimum atomic E-state index is -0.627. The number of furan rings is 1. The zero-order chi connectivity index (χ0) is 17.3. The van der Waals surface area contributed by atoms with Crippen molar-refractivity contribution >= 4 is 29.2 Å². The van der Waals surface area contributed by atoms with Crippen molar-refractivity contribution in [1.29, 1.82) is 0 Å². The van der Waals surface area contributed by atoms with Gasteiger partial charge in [0.15, 0.2) is 6.61 Å². The fourth-order valence-corrected chi connectivity index (χ4v) is 2.51. The zero-order valence-electron chi connectivity index (χ0n) is 12.8. The molecule has 0 N–H and O–H groups in total. The molecule has 0 aliphatic heterocycles. The molecule has 6 nitrogen and oxygen atoms in total. The molecule has 0 aliphatic carbocycles. The first kappa shape index (κ1) is 16.5. The molecular formula is C16H12Cl2N2O4. The number of hydrogen-bond acceptors (Lipinski definition) is 6. The van der Waals surface area contributed by atoms with Crippen LogP contribution in [0.15, 0.2) is 33.1 Å². The van der Waals surface area contributed by atoms with E-state index in [0.717, 1.165) is 5.76 Å². The topological polar surface area (TPSA) is 78.4 Å². The van der Waals surface area contributed by atoms with Crippen LogP contribution in [0.1, 0.15) is 27.8 Å². The largest absolute Gasteiger partial charge is 0.466 e. The van der Waals surface area contributed by atoms with Crippen molar-refractivity contribution in [3.8, 4) is 11.5 Å². The number of carbonyl (C=O) groups excluding carboxylic acids is 1. The van der Waals surface area contributed by atoms with Crippen LogP contribution < -0.4 is 0 Å². The van der Waals surface area contributed by atoms with Gasteiger partial charge in [0.25, 0.3) is 11.8 Å². The number of carbonyl (C=O) groups is 1. The van der Waals surface area contributed by atoms with Crippen LogP contribution in [-0.2, 0) is 11.3 Å². The Hall–Kier alpha value is -2.31. The number of benzene rings is 1. The van der Waals surface area contributed by atoms with Gasteiger partial charge in [-0.15, -0.1) is 10.2 Å². The summed E-state index contributed by atoms with van der Waals surface area (Å²) in [6.45, 7) is 3.45. The van der Waals surface area contributed by atoms with Gasteiger partial charge in [0.1, 0.15) is 11.5 Å². The van der Waals surface area contributed by atoms with Crippen LogP contribution in [-0.4, -0.2) is 16.2 Å². The lowest BCUT2D eigenvalue weighted by molar-refractivity contribution is 0.0439. The molecule has 2 heterocycles. The van der Waals surface area contributed by atoms with Gasteiger partial charge in [0.2, 0.25) is 0 Å². The van der Waals surface area contributed by atoms with E-state index in [4.69, 9.17) is 36.8 Å². The van der Waals surface area contributed by atoms with E-state index < -0.39 is 5.97 Å². The molecule has 0 amide bonds. The summed E-state index contributed by atoms with van der Waals surface area (Å²) in [6, 6.07) is 6.51. The Balaban J connectivity index is 1.70. The number of aromatic nitrogens is 2.